The Balaban J connectivity index is 0.00000361. The standard InChI is InChI=1S/C33H36OP.BrH/c1-26(20-22-31-27(2)21-23-32(34)33(31,3)4)24-25-35(28-14-8-5-9-15-28,29-16-10-6-11-17-29)30-18-12-7-13-19-30;/h5-20,22,24H,21,23,25H2,1-4H3;1H/q+1;/p-1/b22-20+,26-24+;. The lowest BCUT2D eigenvalue weighted by Crippen LogP contribution is -3.00. The number of carbonyl (C=O) groups is 1. The van der Waals surface area contributed by atoms with Crippen molar-refractivity contribution in [2.45, 2.75) is 40.5 Å². The lowest BCUT2D eigenvalue weighted by atomic mass is 9.71. The predicted molar refractivity (Wildman–Crippen MR) is 154 cm³/mol. The average Bonchev–Trinajstić information content (AvgIpc) is 2.88. The quantitative estimate of drug-likeness (QED) is 0.314. The maximum Gasteiger partial charge on any atom is 0.143 e. The number of hydrogen-bond donors (Lipinski definition) is 0. The summed E-state index contributed by atoms with van der Waals surface area (Å²) >= 11 is 0. The van der Waals surface area contributed by atoms with Gasteiger partial charge in [0, 0.05) is 11.8 Å². The first-order valence-electron chi connectivity index (χ1n) is 12.5. The highest BCUT2D eigenvalue weighted by atomic mass is 79.9. The van der Waals surface area contributed by atoms with Gasteiger partial charge in [-0.25, -0.2) is 0 Å². The minimum Gasteiger partial charge on any atom is -1.00 e. The van der Waals surface area contributed by atoms with Crippen molar-refractivity contribution in [3.63, 3.8) is 0 Å². The van der Waals surface area contributed by atoms with Crippen LogP contribution in [-0.4, -0.2) is 11.9 Å². The third kappa shape index (κ3) is 5.72. The Labute approximate surface area is 228 Å². The van der Waals surface area contributed by atoms with Crippen LogP contribution in [0.2, 0.25) is 0 Å². The number of rotatable bonds is 7. The van der Waals surface area contributed by atoms with Crippen molar-refractivity contribution in [2.24, 2.45) is 5.41 Å². The summed E-state index contributed by atoms with van der Waals surface area (Å²) in [6.07, 6.45) is 9.26. The zero-order chi connectivity index (χ0) is 24.9. The molecule has 1 nitrogen and oxygen atoms in total. The Morgan fingerprint density at radius 2 is 1.25 bits per heavy atom. The van der Waals surface area contributed by atoms with Crippen molar-refractivity contribution in [1.29, 1.82) is 0 Å². The molecule has 3 aromatic rings. The van der Waals surface area contributed by atoms with Crippen molar-refractivity contribution in [1.82, 2.24) is 0 Å². The average molecular weight is 560 g/mol. The van der Waals surface area contributed by atoms with E-state index in [1.165, 1.54) is 32.6 Å². The fourth-order valence-electron chi connectivity index (χ4n) is 5.16. The molecular weight excluding hydrogens is 523 g/mol. The van der Waals surface area contributed by atoms with Crippen LogP contribution in [0.15, 0.2) is 126 Å². The SMILES string of the molecule is CC1=C(/C=C/C(C)=C/C[P+](c2ccccc2)(c2ccccc2)c2ccccc2)C(C)(C)C(=O)CC1.[Br-]. The first-order valence-corrected chi connectivity index (χ1v) is 14.5. The highest BCUT2D eigenvalue weighted by Gasteiger charge is 2.44. The van der Waals surface area contributed by atoms with E-state index in [1.54, 1.807) is 0 Å². The van der Waals surface area contributed by atoms with Crippen molar-refractivity contribution >= 4 is 29.0 Å². The number of halogens is 1. The predicted octanol–water partition coefficient (Wildman–Crippen LogP) is 4.19. The van der Waals surface area contributed by atoms with Crippen LogP contribution in [0.4, 0.5) is 0 Å². The smallest absolute Gasteiger partial charge is 0.143 e. The van der Waals surface area contributed by atoms with Gasteiger partial charge in [-0.2, -0.15) is 0 Å². The summed E-state index contributed by atoms with van der Waals surface area (Å²) < 4.78 is 0. The third-order valence-electron chi connectivity index (χ3n) is 7.35. The molecule has 0 saturated heterocycles. The molecule has 1 aliphatic rings. The maximum atomic E-state index is 12.6. The van der Waals surface area contributed by atoms with Crippen molar-refractivity contribution in [3.8, 4) is 0 Å². The Hall–Kier alpha value is -2.54. The van der Waals surface area contributed by atoms with Gasteiger partial charge in [0.25, 0.3) is 0 Å². The number of Topliss-reactive ketones (excluding diaryl/α,β-unsaturated/α-hetero) is 1. The van der Waals surface area contributed by atoms with E-state index in [0.717, 1.165) is 12.6 Å². The molecule has 0 unspecified atom stereocenters. The number of carbonyl (C=O) groups excluding carboxylic acids is 1. The van der Waals surface area contributed by atoms with E-state index < -0.39 is 12.7 Å². The molecule has 0 aromatic heterocycles. The summed E-state index contributed by atoms with van der Waals surface area (Å²) in [6, 6.07) is 33.0. The van der Waals surface area contributed by atoms with Crippen LogP contribution in [0.3, 0.4) is 0 Å². The first kappa shape index (κ1) is 28.0. The van der Waals surface area contributed by atoms with Crippen molar-refractivity contribution in [3.05, 3.63) is 126 Å². The second-order valence-corrected chi connectivity index (χ2v) is 13.6. The van der Waals surface area contributed by atoms with Crippen LogP contribution in [0.25, 0.3) is 0 Å². The number of hydrogen-bond acceptors (Lipinski definition) is 1. The Kier molecular flexibility index (Phi) is 9.45. The van der Waals surface area contributed by atoms with Crippen LogP contribution >= 0.6 is 7.26 Å². The van der Waals surface area contributed by atoms with Gasteiger partial charge in [-0.1, -0.05) is 77.9 Å². The normalized spacial score (nSPS) is 16.2. The monoisotopic (exact) mass is 558 g/mol. The molecule has 0 heterocycles. The van der Waals surface area contributed by atoms with E-state index >= 15 is 0 Å². The van der Waals surface area contributed by atoms with Crippen LogP contribution < -0.4 is 32.9 Å². The van der Waals surface area contributed by atoms with E-state index in [-0.39, 0.29) is 17.0 Å². The topological polar surface area (TPSA) is 17.1 Å². The summed E-state index contributed by atoms with van der Waals surface area (Å²) in [4.78, 5) is 12.6. The van der Waals surface area contributed by atoms with Gasteiger partial charge in [0.15, 0.2) is 0 Å². The van der Waals surface area contributed by atoms with Crippen LogP contribution in [0.1, 0.15) is 40.5 Å². The molecule has 0 atom stereocenters. The molecule has 3 heteroatoms. The minimum atomic E-state index is -1.89. The molecule has 0 saturated carbocycles. The lowest BCUT2D eigenvalue weighted by Gasteiger charge is -2.31. The van der Waals surface area contributed by atoms with E-state index in [2.05, 4.69) is 137 Å². The fourth-order valence-corrected chi connectivity index (χ4v) is 9.29. The summed E-state index contributed by atoms with van der Waals surface area (Å²) in [5, 5.41) is 4.17. The van der Waals surface area contributed by atoms with Gasteiger partial charge in [-0.3, -0.25) is 4.79 Å². The fraction of sp³-hybridized carbons (Fsp3) is 0.242. The largest absolute Gasteiger partial charge is 1.00 e. The van der Waals surface area contributed by atoms with Crippen molar-refractivity contribution < 1.29 is 21.8 Å². The molecule has 0 N–H and O–H groups in total. The summed E-state index contributed by atoms with van der Waals surface area (Å²) in [6.45, 7) is 8.48. The lowest BCUT2D eigenvalue weighted by molar-refractivity contribution is -0.125. The summed E-state index contributed by atoms with van der Waals surface area (Å²) in [5.41, 5.74) is 3.33. The van der Waals surface area contributed by atoms with E-state index in [4.69, 9.17) is 0 Å². The number of allylic oxidation sites excluding steroid dienone is 6. The molecule has 3 aromatic carbocycles. The number of ketones is 1. The summed E-state index contributed by atoms with van der Waals surface area (Å²) in [5.74, 6) is 0.339. The Bertz CT molecular complexity index is 1160. The molecule has 1 aliphatic carbocycles. The van der Waals surface area contributed by atoms with Gasteiger partial charge < -0.3 is 17.0 Å². The van der Waals surface area contributed by atoms with E-state index in [1.807, 2.05) is 0 Å². The number of benzene rings is 3. The highest BCUT2D eigenvalue weighted by Crippen LogP contribution is 2.55. The molecule has 186 valence electrons. The molecule has 0 fully saturated rings. The maximum absolute atomic E-state index is 12.6. The molecule has 0 aliphatic heterocycles. The second-order valence-electron chi connectivity index (χ2n) is 10.0. The first-order chi connectivity index (χ1) is 16.9. The van der Waals surface area contributed by atoms with Crippen molar-refractivity contribution in [2.75, 3.05) is 6.16 Å². The van der Waals surface area contributed by atoms with Gasteiger partial charge in [-0.05, 0) is 82.2 Å². The van der Waals surface area contributed by atoms with Gasteiger partial charge in [0.1, 0.15) is 29.0 Å². The Morgan fingerprint density at radius 3 is 1.69 bits per heavy atom. The van der Waals surface area contributed by atoms with Gasteiger partial charge in [-0.15, -0.1) is 0 Å². The van der Waals surface area contributed by atoms with Crippen LogP contribution in [0.5, 0.6) is 0 Å². The van der Waals surface area contributed by atoms with Crippen LogP contribution in [-0.2, 0) is 4.79 Å². The molecule has 4 rings (SSSR count). The minimum absolute atomic E-state index is 0. The third-order valence-corrected chi connectivity index (χ3v) is 11.6. The zero-order valence-electron chi connectivity index (χ0n) is 21.7. The van der Waals surface area contributed by atoms with Gasteiger partial charge in [0.2, 0.25) is 0 Å². The molecule has 0 bridgehead atoms. The van der Waals surface area contributed by atoms with Crippen LogP contribution in [0, 0.1) is 5.41 Å². The zero-order valence-corrected chi connectivity index (χ0v) is 24.2. The van der Waals surface area contributed by atoms with E-state index in [9.17, 15) is 4.79 Å². The van der Waals surface area contributed by atoms with Gasteiger partial charge >= 0.3 is 0 Å². The highest BCUT2D eigenvalue weighted by molar-refractivity contribution is 7.95. The molecule has 0 radical (unpaired) electrons. The van der Waals surface area contributed by atoms with Gasteiger partial charge in [0.05, 0.1) is 6.16 Å². The molecule has 0 spiro atoms. The molecule has 0 amide bonds. The Morgan fingerprint density at radius 1 is 0.806 bits per heavy atom. The summed E-state index contributed by atoms with van der Waals surface area (Å²) in [7, 11) is -1.89. The van der Waals surface area contributed by atoms with E-state index in [0.29, 0.717) is 12.2 Å². The molecular formula is C33H36BrOP. The molecule has 36 heavy (non-hydrogen) atoms. The second kappa shape index (κ2) is 12.1.